The summed E-state index contributed by atoms with van der Waals surface area (Å²) in [5.41, 5.74) is 1.20. The summed E-state index contributed by atoms with van der Waals surface area (Å²) in [5.74, 6) is -1.24. The summed E-state index contributed by atoms with van der Waals surface area (Å²) in [5, 5.41) is 11.5. The Hall–Kier alpha value is -7.48. The van der Waals surface area contributed by atoms with Crippen LogP contribution in [-0.2, 0) is 36.7 Å². The number of fused-ring (bicyclic) bond motifs is 1. The fraction of sp³-hybridized carbons (Fsp3) is 0.184. The highest BCUT2D eigenvalue weighted by atomic mass is 19.4. The van der Waals surface area contributed by atoms with Crippen LogP contribution in [0.4, 0.5) is 23.2 Å². The number of ether oxygens (including phenoxy) is 2. The molecule has 1 aliphatic rings. The van der Waals surface area contributed by atoms with Crippen molar-refractivity contribution in [3.8, 4) is 22.6 Å². The Morgan fingerprint density at radius 2 is 1.44 bits per heavy atom. The second-order valence-electron chi connectivity index (χ2n) is 15.5. The molecule has 0 atom stereocenters. The molecule has 0 bridgehead atoms. The van der Waals surface area contributed by atoms with E-state index in [9.17, 15) is 22.8 Å². The predicted molar refractivity (Wildman–Crippen MR) is 230 cm³/mol. The molecule has 10 nitrogen and oxygen atoms in total. The smallest absolute Gasteiger partial charge is 0.416 e. The van der Waals surface area contributed by atoms with Gasteiger partial charge in [0.15, 0.2) is 23.1 Å². The predicted octanol–water partition coefficient (Wildman–Crippen LogP) is 9.70. The van der Waals surface area contributed by atoms with Gasteiger partial charge >= 0.3 is 11.9 Å². The van der Waals surface area contributed by atoms with Gasteiger partial charge in [-0.25, -0.2) is 9.18 Å². The molecule has 0 saturated heterocycles. The molecule has 0 spiro atoms. The summed E-state index contributed by atoms with van der Waals surface area (Å²) in [6.45, 7) is -0.862. The second-order valence-corrected chi connectivity index (χ2v) is 15.5. The number of carbonyl (C=O) groups excluding carboxylic acids is 1. The fourth-order valence-corrected chi connectivity index (χ4v) is 8.47. The number of nitrogens with zero attached hydrogens (tertiary/aromatic N) is 5. The number of aryl methyl sites for hydroxylation is 1. The largest absolute Gasteiger partial charge is 0.493 e. The number of benzene rings is 6. The van der Waals surface area contributed by atoms with Crippen LogP contribution < -0.4 is 20.5 Å². The number of hydrogen-bond donors (Lipinski definition) is 1. The number of nitrogens with one attached hydrogen (secondary N) is 1. The summed E-state index contributed by atoms with van der Waals surface area (Å²) in [6.07, 6.45) is -1.15. The van der Waals surface area contributed by atoms with Gasteiger partial charge in [-0.2, -0.15) is 13.2 Å². The molecule has 1 N–H and O–H groups in total. The van der Waals surface area contributed by atoms with E-state index in [1.807, 2.05) is 114 Å². The zero-order valence-electron chi connectivity index (χ0n) is 34.1. The first-order valence-corrected chi connectivity index (χ1v) is 20.2. The van der Waals surface area contributed by atoms with E-state index >= 15 is 4.39 Å². The maximum Gasteiger partial charge on any atom is 0.416 e. The normalized spacial score (nSPS) is 13.0. The maximum absolute atomic E-state index is 16.5. The van der Waals surface area contributed by atoms with Gasteiger partial charge in [0.2, 0.25) is 5.91 Å². The molecule has 1 aliphatic carbocycles. The topological polar surface area (TPSA) is 105 Å². The van der Waals surface area contributed by atoms with Crippen LogP contribution in [0.5, 0.6) is 11.5 Å². The van der Waals surface area contributed by atoms with Crippen molar-refractivity contribution in [2.45, 2.75) is 43.6 Å². The third-order valence-corrected chi connectivity index (χ3v) is 11.5. The minimum absolute atomic E-state index is 0.0266. The van der Waals surface area contributed by atoms with Gasteiger partial charge in [0, 0.05) is 18.3 Å². The number of alkyl halides is 3. The first kappa shape index (κ1) is 40.9. The Balaban J connectivity index is 1.09. The Morgan fingerprint density at radius 3 is 2.03 bits per heavy atom. The molecule has 0 unspecified atom stereocenters. The van der Waals surface area contributed by atoms with Gasteiger partial charge in [0.05, 0.1) is 23.7 Å². The molecule has 63 heavy (non-hydrogen) atoms. The molecular weight excluding hydrogens is 813 g/mol. The molecule has 2 aromatic heterocycles. The van der Waals surface area contributed by atoms with E-state index in [1.165, 1.54) is 20.2 Å². The van der Waals surface area contributed by atoms with E-state index in [0.717, 1.165) is 62.4 Å². The van der Waals surface area contributed by atoms with E-state index in [-0.39, 0.29) is 40.3 Å². The van der Waals surface area contributed by atoms with E-state index in [2.05, 4.69) is 15.5 Å². The van der Waals surface area contributed by atoms with Crippen LogP contribution in [0.2, 0.25) is 0 Å². The van der Waals surface area contributed by atoms with Crippen molar-refractivity contribution in [3.63, 3.8) is 0 Å². The standard InChI is InChI=1S/C49H40F4N6O4/c1-57-45-39(26-37(49(51,52)53)27-41(45)58(47(57)61)28-44(60)55-38-20-12-13-32(23-38)31-21-22-31)33-24-40(50)46(42(25-33)62-2)63-29-43-56-54-30-59(43)48(34-14-6-3-7-15-34,35-16-8-4-9-17-35)36-18-10-5-11-19-36/h3-20,23-27,30-31H,21-22,28-29H2,1-2H3,(H,55,60). The number of aromatic nitrogens is 5. The highest BCUT2D eigenvalue weighted by Crippen LogP contribution is 2.44. The lowest BCUT2D eigenvalue weighted by molar-refractivity contribution is -0.137. The van der Waals surface area contributed by atoms with Crippen LogP contribution in [0.15, 0.2) is 151 Å². The van der Waals surface area contributed by atoms with Crippen molar-refractivity contribution in [1.82, 2.24) is 23.9 Å². The fourth-order valence-electron chi connectivity index (χ4n) is 8.47. The minimum Gasteiger partial charge on any atom is -0.493 e. The number of imidazole rings is 1. The summed E-state index contributed by atoms with van der Waals surface area (Å²) in [6, 6.07) is 40.9. The first-order chi connectivity index (χ1) is 30.5. The highest BCUT2D eigenvalue weighted by Gasteiger charge is 2.40. The van der Waals surface area contributed by atoms with Crippen LogP contribution in [0.1, 0.15) is 52.4 Å². The van der Waals surface area contributed by atoms with Crippen LogP contribution in [0.25, 0.3) is 22.2 Å². The van der Waals surface area contributed by atoms with Crippen molar-refractivity contribution in [1.29, 1.82) is 0 Å². The molecule has 0 aliphatic heterocycles. The second kappa shape index (κ2) is 16.4. The Morgan fingerprint density at radius 1 is 0.810 bits per heavy atom. The Bertz CT molecular complexity index is 2920. The molecular formula is C49H40F4N6O4. The van der Waals surface area contributed by atoms with Gasteiger partial charge in [-0.15, -0.1) is 10.2 Å². The lowest BCUT2D eigenvalue weighted by atomic mass is 9.76. The van der Waals surface area contributed by atoms with Crippen LogP contribution >= 0.6 is 0 Å². The molecule has 6 aromatic carbocycles. The number of amides is 1. The third kappa shape index (κ3) is 7.62. The van der Waals surface area contributed by atoms with Crippen molar-refractivity contribution < 1.29 is 31.8 Å². The van der Waals surface area contributed by atoms with Gasteiger partial charge in [0.25, 0.3) is 0 Å². The van der Waals surface area contributed by atoms with E-state index < -0.39 is 41.2 Å². The monoisotopic (exact) mass is 852 g/mol. The number of hydrogen-bond acceptors (Lipinski definition) is 6. The van der Waals surface area contributed by atoms with Crippen LogP contribution in [-0.4, -0.2) is 36.9 Å². The van der Waals surface area contributed by atoms with Gasteiger partial charge in [-0.05, 0) is 83.0 Å². The van der Waals surface area contributed by atoms with Gasteiger partial charge in [0.1, 0.15) is 25.0 Å². The van der Waals surface area contributed by atoms with Crippen molar-refractivity contribution in [2.24, 2.45) is 7.05 Å². The Labute approximate surface area is 359 Å². The molecule has 318 valence electrons. The third-order valence-electron chi connectivity index (χ3n) is 11.5. The minimum atomic E-state index is -4.86. The SMILES string of the molecule is COc1cc(-c2cc(C(F)(F)F)cc3c2n(C)c(=O)n3CC(=O)Nc2cccc(C3CC3)c2)cc(F)c1OCc1nncn1C(c1ccccc1)(c1ccccc1)c1ccccc1. The van der Waals surface area contributed by atoms with Gasteiger partial charge in [-0.1, -0.05) is 103 Å². The summed E-state index contributed by atoms with van der Waals surface area (Å²) in [7, 11) is 2.67. The zero-order valence-corrected chi connectivity index (χ0v) is 34.1. The van der Waals surface area contributed by atoms with Crippen molar-refractivity contribution >= 4 is 22.6 Å². The van der Waals surface area contributed by atoms with Crippen molar-refractivity contribution in [3.05, 3.63) is 196 Å². The molecule has 1 saturated carbocycles. The average molecular weight is 853 g/mol. The summed E-state index contributed by atoms with van der Waals surface area (Å²) < 4.78 is 76.0. The zero-order chi connectivity index (χ0) is 43.9. The van der Waals surface area contributed by atoms with E-state index in [4.69, 9.17) is 9.47 Å². The number of methoxy groups -OCH3 is 1. The molecule has 1 fully saturated rings. The first-order valence-electron chi connectivity index (χ1n) is 20.2. The van der Waals surface area contributed by atoms with Crippen LogP contribution in [0.3, 0.4) is 0 Å². The Kier molecular flexibility index (Phi) is 10.7. The van der Waals surface area contributed by atoms with Gasteiger partial charge in [-0.3, -0.25) is 18.5 Å². The highest BCUT2D eigenvalue weighted by molar-refractivity contribution is 5.96. The van der Waals surface area contributed by atoms with E-state index in [0.29, 0.717) is 17.4 Å². The lowest BCUT2D eigenvalue weighted by Gasteiger charge is -2.38. The average Bonchev–Trinajstić information content (AvgIpc) is 4.00. The molecule has 8 aromatic rings. The molecule has 14 heteroatoms. The number of halogens is 4. The summed E-state index contributed by atoms with van der Waals surface area (Å²) in [4.78, 5) is 27.1. The maximum atomic E-state index is 16.5. The summed E-state index contributed by atoms with van der Waals surface area (Å²) >= 11 is 0. The number of rotatable bonds is 13. The van der Waals surface area contributed by atoms with E-state index in [1.54, 1.807) is 12.4 Å². The molecule has 0 radical (unpaired) electrons. The lowest BCUT2D eigenvalue weighted by Crippen LogP contribution is -2.38. The van der Waals surface area contributed by atoms with Crippen molar-refractivity contribution in [2.75, 3.05) is 12.4 Å². The van der Waals surface area contributed by atoms with Crippen LogP contribution in [0, 0.1) is 5.82 Å². The number of anilines is 1. The number of carbonyl (C=O) groups is 1. The molecule has 9 rings (SSSR count). The molecule has 2 heterocycles. The quantitative estimate of drug-likeness (QED) is 0.0916. The molecule has 1 amide bonds. The van der Waals surface area contributed by atoms with Gasteiger partial charge < -0.3 is 14.8 Å².